The van der Waals surface area contributed by atoms with Crippen LogP contribution in [0.2, 0.25) is 0 Å². The number of ether oxygens (including phenoxy) is 1. The summed E-state index contributed by atoms with van der Waals surface area (Å²) in [6.07, 6.45) is 5.45. The molecule has 2 atom stereocenters. The van der Waals surface area contributed by atoms with Crippen LogP contribution in [0.3, 0.4) is 0 Å². The molecule has 1 saturated carbocycles. The smallest absolute Gasteiger partial charge is 0.0763 e. The van der Waals surface area contributed by atoms with Gasteiger partial charge in [0.25, 0.3) is 0 Å². The molecule has 16 heavy (non-hydrogen) atoms. The van der Waals surface area contributed by atoms with Gasteiger partial charge in [-0.25, -0.2) is 0 Å². The molecule has 0 aromatic heterocycles. The minimum Gasteiger partial charge on any atom is -0.380 e. The third kappa shape index (κ3) is 3.44. The average molecular weight is 228 g/mol. The van der Waals surface area contributed by atoms with Crippen molar-refractivity contribution < 1.29 is 4.74 Å². The van der Waals surface area contributed by atoms with Gasteiger partial charge in [-0.05, 0) is 30.6 Å². The van der Waals surface area contributed by atoms with Crippen LogP contribution in [-0.2, 0) is 4.74 Å². The second kappa shape index (κ2) is 6.58. The van der Waals surface area contributed by atoms with Gasteiger partial charge in [0, 0.05) is 7.11 Å². The molecule has 0 heterocycles. The maximum atomic E-state index is 5.72. The first-order valence-corrected chi connectivity index (χ1v) is 6.59. The Morgan fingerprint density at radius 3 is 2.12 bits per heavy atom. The predicted molar refractivity (Wildman–Crippen MR) is 67.9 cm³/mol. The van der Waals surface area contributed by atoms with Crippen LogP contribution in [0, 0.1) is 17.8 Å². The quantitative estimate of drug-likeness (QED) is 0.561. The zero-order chi connectivity index (χ0) is 12.1. The fraction of sp³-hybridized carbons (Fsp3) is 1.00. The Kier molecular flexibility index (Phi) is 5.73. The third-order valence-corrected chi connectivity index (χ3v) is 4.04. The van der Waals surface area contributed by atoms with Gasteiger partial charge in [0.05, 0.1) is 12.1 Å². The van der Waals surface area contributed by atoms with E-state index in [1.807, 2.05) is 0 Å². The minimum atomic E-state index is 0.225. The highest BCUT2D eigenvalue weighted by Crippen LogP contribution is 2.32. The Labute approximate surface area is 100 Å². The van der Waals surface area contributed by atoms with Gasteiger partial charge in [0.15, 0.2) is 0 Å². The van der Waals surface area contributed by atoms with E-state index in [9.17, 15) is 0 Å². The van der Waals surface area contributed by atoms with Crippen molar-refractivity contribution in [1.29, 1.82) is 0 Å². The summed E-state index contributed by atoms with van der Waals surface area (Å²) in [4.78, 5) is 0. The largest absolute Gasteiger partial charge is 0.380 e. The zero-order valence-corrected chi connectivity index (χ0v) is 11.2. The normalized spacial score (nSPS) is 30.4. The second-order valence-corrected chi connectivity index (χ2v) is 5.66. The molecule has 96 valence electrons. The van der Waals surface area contributed by atoms with Crippen LogP contribution in [0.1, 0.15) is 46.5 Å². The number of hydrogen-bond acceptors (Lipinski definition) is 3. The first-order valence-electron chi connectivity index (χ1n) is 6.59. The van der Waals surface area contributed by atoms with Gasteiger partial charge in [-0.1, -0.05) is 33.6 Å². The summed E-state index contributed by atoms with van der Waals surface area (Å²) in [6.45, 7) is 6.74. The molecule has 3 N–H and O–H groups in total. The number of hydrazine groups is 1. The van der Waals surface area contributed by atoms with E-state index < -0.39 is 0 Å². The number of hydrogen-bond donors (Lipinski definition) is 2. The summed E-state index contributed by atoms with van der Waals surface area (Å²) < 4.78 is 5.60. The maximum absolute atomic E-state index is 5.72. The molecule has 0 radical (unpaired) electrons. The van der Waals surface area contributed by atoms with Crippen molar-refractivity contribution in [3.63, 3.8) is 0 Å². The van der Waals surface area contributed by atoms with Gasteiger partial charge >= 0.3 is 0 Å². The zero-order valence-electron chi connectivity index (χ0n) is 11.2. The SMILES string of the molecule is COC(C(C)C)C(NN)C1CCC(C)CC1. The van der Waals surface area contributed by atoms with Crippen LogP contribution in [0.25, 0.3) is 0 Å². The Balaban J connectivity index is 2.58. The molecule has 1 fully saturated rings. The Hall–Kier alpha value is -0.120. The first kappa shape index (κ1) is 13.9. The molecule has 0 aliphatic heterocycles. The standard InChI is InChI=1S/C13H28N2O/c1-9(2)13(16-4)12(15-14)11-7-5-10(3)6-8-11/h9-13,15H,5-8,14H2,1-4H3. The van der Waals surface area contributed by atoms with Crippen molar-refractivity contribution in [3.05, 3.63) is 0 Å². The van der Waals surface area contributed by atoms with E-state index in [4.69, 9.17) is 10.6 Å². The number of methoxy groups -OCH3 is 1. The summed E-state index contributed by atoms with van der Waals surface area (Å²) in [6, 6.07) is 0.303. The van der Waals surface area contributed by atoms with E-state index in [1.165, 1.54) is 25.7 Å². The van der Waals surface area contributed by atoms with Crippen LogP contribution < -0.4 is 11.3 Å². The van der Waals surface area contributed by atoms with E-state index in [0.717, 1.165) is 5.92 Å². The average Bonchev–Trinajstić information content (AvgIpc) is 2.26. The third-order valence-electron chi connectivity index (χ3n) is 4.04. The van der Waals surface area contributed by atoms with Crippen molar-refractivity contribution in [3.8, 4) is 0 Å². The lowest BCUT2D eigenvalue weighted by atomic mass is 9.76. The Bertz CT molecular complexity index is 188. The predicted octanol–water partition coefficient (Wildman–Crippen LogP) is 2.32. The van der Waals surface area contributed by atoms with E-state index in [1.54, 1.807) is 7.11 Å². The Morgan fingerprint density at radius 1 is 1.19 bits per heavy atom. The molecular formula is C13H28N2O. The molecule has 0 spiro atoms. The van der Waals surface area contributed by atoms with Crippen LogP contribution in [0.15, 0.2) is 0 Å². The molecule has 0 aromatic carbocycles. The summed E-state index contributed by atoms with van der Waals surface area (Å²) in [5.41, 5.74) is 2.99. The van der Waals surface area contributed by atoms with Crippen LogP contribution in [-0.4, -0.2) is 19.3 Å². The molecule has 2 unspecified atom stereocenters. The molecular weight excluding hydrogens is 200 g/mol. The van der Waals surface area contributed by atoms with Gasteiger partial charge in [-0.3, -0.25) is 11.3 Å². The molecule has 0 bridgehead atoms. The lowest BCUT2D eigenvalue weighted by Gasteiger charge is -2.37. The molecule has 0 aromatic rings. The van der Waals surface area contributed by atoms with Crippen LogP contribution in [0.5, 0.6) is 0 Å². The molecule has 3 nitrogen and oxygen atoms in total. The summed E-state index contributed by atoms with van der Waals surface area (Å²) in [5, 5.41) is 0. The fourth-order valence-electron chi connectivity index (χ4n) is 2.98. The first-order chi connectivity index (χ1) is 7.60. The van der Waals surface area contributed by atoms with Gasteiger partial charge < -0.3 is 4.74 Å². The van der Waals surface area contributed by atoms with Gasteiger partial charge in [-0.2, -0.15) is 0 Å². The van der Waals surface area contributed by atoms with E-state index in [2.05, 4.69) is 26.2 Å². The van der Waals surface area contributed by atoms with Gasteiger partial charge in [-0.15, -0.1) is 0 Å². The molecule has 1 rings (SSSR count). The second-order valence-electron chi connectivity index (χ2n) is 5.66. The molecule has 3 heteroatoms. The van der Waals surface area contributed by atoms with Crippen molar-refractivity contribution in [2.24, 2.45) is 23.6 Å². The van der Waals surface area contributed by atoms with E-state index in [-0.39, 0.29) is 6.10 Å². The lowest BCUT2D eigenvalue weighted by Crippen LogP contribution is -2.52. The Morgan fingerprint density at radius 2 is 1.75 bits per heavy atom. The number of nitrogens with two attached hydrogens (primary N) is 1. The topological polar surface area (TPSA) is 47.3 Å². The molecule has 1 aliphatic rings. The summed E-state index contributed by atoms with van der Waals surface area (Å²) >= 11 is 0. The monoisotopic (exact) mass is 228 g/mol. The van der Waals surface area contributed by atoms with Crippen molar-refractivity contribution in [2.45, 2.75) is 58.6 Å². The molecule has 0 amide bonds. The van der Waals surface area contributed by atoms with Crippen LogP contribution in [0.4, 0.5) is 0 Å². The highest BCUT2D eigenvalue weighted by Gasteiger charge is 2.32. The minimum absolute atomic E-state index is 0.225. The van der Waals surface area contributed by atoms with E-state index >= 15 is 0 Å². The molecule has 0 saturated heterocycles. The van der Waals surface area contributed by atoms with Crippen molar-refractivity contribution in [2.75, 3.05) is 7.11 Å². The van der Waals surface area contributed by atoms with E-state index in [0.29, 0.717) is 17.9 Å². The van der Waals surface area contributed by atoms with Gasteiger partial charge in [0.1, 0.15) is 0 Å². The molecule has 1 aliphatic carbocycles. The maximum Gasteiger partial charge on any atom is 0.0763 e. The summed E-state index contributed by atoms with van der Waals surface area (Å²) in [5.74, 6) is 7.79. The summed E-state index contributed by atoms with van der Waals surface area (Å²) in [7, 11) is 1.79. The van der Waals surface area contributed by atoms with Crippen LogP contribution >= 0.6 is 0 Å². The number of rotatable bonds is 5. The van der Waals surface area contributed by atoms with Gasteiger partial charge in [0.2, 0.25) is 0 Å². The highest BCUT2D eigenvalue weighted by atomic mass is 16.5. The lowest BCUT2D eigenvalue weighted by molar-refractivity contribution is 0.00611. The number of nitrogens with one attached hydrogen (secondary N) is 1. The van der Waals surface area contributed by atoms with Crippen molar-refractivity contribution >= 4 is 0 Å². The van der Waals surface area contributed by atoms with Crippen molar-refractivity contribution in [1.82, 2.24) is 5.43 Å². The highest BCUT2D eigenvalue weighted by molar-refractivity contribution is 4.86. The fourth-order valence-corrected chi connectivity index (χ4v) is 2.98.